The van der Waals surface area contributed by atoms with E-state index in [2.05, 4.69) is 10.5 Å². The second-order valence-corrected chi connectivity index (χ2v) is 4.59. The number of rotatable bonds is 4. The summed E-state index contributed by atoms with van der Waals surface area (Å²) in [6, 6.07) is 6.49. The van der Waals surface area contributed by atoms with Gasteiger partial charge in [-0.2, -0.15) is 0 Å². The molecule has 0 spiro atoms. The highest BCUT2D eigenvalue weighted by Gasteiger charge is 2.33. The summed E-state index contributed by atoms with van der Waals surface area (Å²) in [5.74, 6) is -0.270. The van der Waals surface area contributed by atoms with Gasteiger partial charge in [0.25, 0.3) is 5.91 Å². The van der Waals surface area contributed by atoms with Crippen molar-refractivity contribution in [1.29, 1.82) is 0 Å². The molecule has 1 aliphatic rings. The third-order valence-corrected chi connectivity index (χ3v) is 2.82. The Morgan fingerprint density at radius 2 is 2.18 bits per heavy atom. The number of nitrogens with zero attached hydrogens (tertiary/aromatic N) is 1. The van der Waals surface area contributed by atoms with Crippen LogP contribution in [0.1, 0.15) is 17.3 Å². The van der Waals surface area contributed by atoms with Crippen LogP contribution in [-0.2, 0) is 4.74 Å². The van der Waals surface area contributed by atoms with Gasteiger partial charge in [0.1, 0.15) is 5.69 Å². The van der Waals surface area contributed by atoms with Gasteiger partial charge < -0.3 is 10.1 Å². The van der Waals surface area contributed by atoms with Crippen LogP contribution in [0.5, 0.6) is 0 Å². The molecule has 0 radical (unpaired) electrons. The van der Waals surface area contributed by atoms with Crippen LogP contribution in [-0.4, -0.2) is 25.7 Å². The average molecular weight is 234 g/mol. The monoisotopic (exact) mass is 234 g/mol. The van der Waals surface area contributed by atoms with E-state index >= 15 is 0 Å². The van der Waals surface area contributed by atoms with Crippen molar-refractivity contribution in [2.24, 2.45) is 10.6 Å². The Labute approximate surface area is 99.1 Å². The maximum Gasteiger partial charge on any atom is 0.253 e. The van der Waals surface area contributed by atoms with Gasteiger partial charge in [0.15, 0.2) is 0 Å². The number of benzene rings is 1. The molecular weight excluding hydrogens is 220 g/mol. The third-order valence-electron chi connectivity index (χ3n) is 2.82. The van der Waals surface area contributed by atoms with E-state index in [9.17, 15) is 9.70 Å². The molecule has 0 bridgehead atoms. The lowest BCUT2D eigenvalue weighted by molar-refractivity contribution is -0.0978. The highest BCUT2D eigenvalue weighted by Crippen LogP contribution is 2.25. The molecule has 90 valence electrons. The van der Waals surface area contributed by atoms with Gasteiger partial charge in [0.05, 0.1) is 18.8 Å². The summed E-state index contributed by atoms with van der Waals surface area (Å²) in [4.78, 5) is 22.4. The normalized spacial score (nSPS) is 17.0. The number of ether oxygens (including phenoxy) is 1. The van der Waals surface area contributed by atoms with Crippen LogP contribution in [0, 0.1) is 10.3 Å². The van der Waals surface area contributed by atoms with Gasteiger partial charge in [-0.1, -0.05) is 19.1 Å². The van der Waals surface area contributed by atoms with Crippen molar-refractivity contribution in [2.45, 2.75) is 6.92 Å². The average Bonchev–Trinajstić information content (AvgIpc) is 2.33. The summed E-state index contributed by atoms with van der Waals surface area (Å²) in [5.41, 5.74) is 0.491. The smallest absolute Gasteiger partial charge is 0.253 e. The molecule has 0 aliphatic carbocycles. The van der Waals surface area contributed by atoms with Crippen LogP contribution in [0.15, 0.2) is 29.4 Å². The molecule has 0 atom stereocenters. The van der Waals surface area contributed by atoms with E-state index < -0.39 is 0 Å². The lowest BCUT2D eigenvalue weighted by atomic mass is 9.88. The Bertz CT molecular complexity index is 441. The lowest BCUT2D eigenvalue weighted by Gasteiger charge is -2.38. The number of nitroso groups, excluding NO2 is 1. The van der Waals surface area contributed by atoms with Crippen LogP contribution in [0.3, 0.4) is 0 Å². The zero-order chi connectivity index (χ0) is 12.3. The third kappa shape index (κ3) is 2.50. The first-order valence-electron chi connectivity index (χ1n) is 5.43. The second kappa shape index (κ2) is 4.63. The van der Waals surface area contributed by atoms with Crippen molar-refractivity contribution in [3.63, 3.8) is 0 Å². The van der Waals surface area contributed by atoms with Gasteiger partial charge in [-0.3, -0.25) is 4.79 Å². The maximum atomic E-state index is 11.9. The van der Waals surface area contributed by atoms with Crippen molar-refractivity contribution >= 4 is 11.6 Å². The first-order valence-corrected chi connectivity index (χ1v) is 5.43. The summed E-state index contributed by atoms with van der Waals surface area (Å²) in [6.45, 7) is 3.89. The van der Waals surface area contributed by atoms with Crippen LogP contribution < -0.4 is 5.32 Å². The lowest BCUT2D eigenvalue weighted by Crippen LogP contribution is -2.48. The van der Waals surface area contributed by atoms with E-state index in [1.54, 1.807) is 18.2 Å². The molecule has 1 heterocycles. The Kier molecular flexibility index (Phi) is 3.19. The molecule has 1 saturated heterocycles. The Balaban J connectivity index is 2.01. The van der Waals surface area contributed by atoms with Gasteiger partial charge in [-0.05, 0) is 17.3 Å². The summed E-state index contributed by atoms with van der Waals surface area (Å²) in [6.07, 6.45) is 0. The fourth-order valence-corrected chi connectivity index (χ4v) is 1.69. The Morgan fingerprint density at radius 1 is 1.47 bits per heavy atom. The summed E-state index contributed by atoms with van der Waals surface area (Å²) < 4.78 is 5.10. The number of hydrogen-bond acceptors (Lipinski definition) is 4. The van der Waals surface area contributed by atoms with E-state index in [4.69, 9.17) is 4.74 Å². The molecule has 1 fully saturated rings. The van der Waals surface area contributed by atoms with Crippen LogP contribution in [0.4, 0.5) is 5.69 Å². The van der Waals surface area contributed by atoms with Crippen LogP contribution in [0.2, 0.25) is 0 Å². The van der Waals surface area contributed by atoms with E-state index in [1.807, 2.05) is 6.92 Å². The molecule has 0 unspecified atom stereocenters. The van der Waals surface area contributed by atoms with Gasteiger partial charge in [0, 0.05) is 12.0 Å². The zero-order valence-corrected chi connectivity index (χ0v) is 9.60. The number of carbonyl (C=O) groups is 1. The number of hydrogen-bond donors (Lipinski definition) is 1. The van der Waals surface area contributed by atoms with Crippen molar-refractivity contribution in [3.8, 4) is 0 Å². The first kappa shape index (κ1) is 11.7. The van der Waals surface area contributed by atoms with Crippen LogP contribution >= 0.6 is 0 Å². The highest BCUT2D eigenvalue weighted by molar-refractivity contribution is 5.98. The molecule has 0 aromatic heterocycles. The molecule has 2 rings (SSSR count). The molecule has 1 aliphatic heterocycles. The highest BCUT2D eigenvalue weighted by atomic mass is 16.5. The Morgan fingerprint density at radius 3 is 2.76 bits per heavy atom. The summed E-state index contributed by atoms with van der Waals surface area (Å²) in [5, 5.41) is 5.63. The molecular formula is C12H14N2O3. The predicted octanol–water partition coefficient (Wildman–Crippen LogP) is 1.85. The zero-order valence-electron chi connectivity index (χ0n) is 9.60. The molecule has 5 nitrogen and oxygen atoms in total. The van der Waals surface area contributed by atoms with Gasteiger partial charge >= 0.3 is 0 Å². The minimum atomic E-state index is -0.270. The van der Waals surface area contributed by atoms with Crippen molar-refractivity contribution in [3.05, 3.63) is 34.7 Å². The van der Waals surface area contributed by atoms with E-state index in [0.717, 1.165) is 0 Å². The summed E-state index contributed by atoms with van der Waals surface area (Å²) in [7, 11) is 0. The Hall–Kier alpha value is -1.75. The van der Waals surface area contributed by atoms with E-state index in [1.165, 1.54) is 6.07 Å². The predicted molar refractivity (Wildman–Crippen MR) is 63.2 cm³/mol. The minimum Gasteiger partial charge on any atom is -0.380 e. The molecule has 1 aromatic carbocycles. The van der Waals surface area contributed by atoms with Gasteiger partial charge in [-0.25, -0.2) is 0 Å². The molecule has 1 N–H and O–H groups in total. The molecule has 17 heavy (non-hydrogen) atoms. The standard InChI is InChI=1S/C12H14N2O3/c1-12(7-17-8-12)6-13-11(15)9-4-2-3-5-10(9)14-16/h2-5H,6-8H2,1H3,(H,13,15). The first-order chi connectivity index (χ1) is 8.14. The van der Waals surface area contributed by atoms with Gasteiger partial charge in [0.2, 0.25) is 0 Å². The van der Waals surface area contributed by atoms with E-state index in [0.29, 0.717) is 25.3 Å². The number of amides is 1. The molecule has 5 heteroatoms. The second-order valence-electron chi connectivity index (χ2n) is 4.59. The van der Waals surface area contributed by atoms with Crippen LogP contribution in [0.25, 0.3) is 0 Å². The van der Waals surface area contributed by atoms with Gasteiger partial charge in [-0.15, -0.1) is 4.91 Å². The fraction of sp³-hybridized carbons (Fsp3) is 0.417. The SMILES string of the molecule is CC1(CNC(=O)c2ccccc2N=O)COC1. The number of nitrogens with one attached hydrogen (secondary N) is 1. The topological polar surface area (TPSA) is 67.8 Å². The quantitative estimate of drug-likeness (QED) is 0.808. The summed E-state index contributed by atoms with van der Waals surface area (Å²) >= 11 is 0. The van der Waals surface area contributed by atoms with Crippen molar-refractivity contribution < 1.29 is 9.53 Å². The van der Waals surface area contributed by atoms with Crippen molar-refractivity contribution in [2.75, 3.05) is 19.8 Å². The molecule has 1 aromatic rings. The van der Waals surface area contributed by atoms with E-state index in [-0.39, 0.29) is 17.0 Å². The molecule has 0 saturated carbocycles. The molecule has 1 amide bonds. The fourth-order valence-electron chi connectivity index (χ4n) is 1.69. The minimum absolute atomic E-state index is 0.0131. The largest absolute Gasteiger partial charge is 0.380 e. The number of carbonyl (C=O) groups excluding carboxylic acids is 1. The maximum absolute atomic E-state index is 11.9. The van der Waals surface area contributed by atoms with Crippen molar-refractivity contribution in [1.82, 2.24) is 5.32 Å².